The Bertz CT molecular complexity index is 1050. The second kappa shape index (κ2) is 11.6. The molecule has 3 aliphatic rings. The standard InChI is InChI=1S/C27H33BrN2O6S/c1-4-6-15-36-26(34)20-21-24(32)30(13-7-14-31)23(27(21)16-19(28)22(20)37-27)25(33)29(12-5-2)17-8-10-18(35-3)11-9-17/h4-5,8-11,19-23,31H,1-2,6-7,12-16H2,3H3/t19?,20-,21-,22-,23?,27?/m0/s1. The third kappa shape index (κ3) is 4.83. The van der Waals surface area contributed by atoms with E-state index in [9.17, 15) is 19.5 Å². The Morgan fingerprint density at radius 2 is 2.03 bits per heavy atom. The Balaban J connectivity index is 1.73. The number of esters is 1. The van der Waals surface area contributed by atoms with E-state index in [0.717, 1.165) is 0 Å². The summed E-state index contributed by atoms with van der Waals surface area (Å²) in [4.78, 5) is 44.7. The highest BCUT2D eigenvalue weighted by atomic mass is 79.9. The van der Waals surface area contributed by atoms with Gasteiger partial charge in [-0.25, -0.2) is 0 Å². The predicted molar refractivity (Wildman–Crippen MR) is 147 cm³/mol. The molecular formula is C27H33BrN2O6S. The molecule has 6 atom stereocenters. The second-order valence-corrected chi connectivity index (χ2v) is 12.2. The van der Waals surface area contributed by atoms with Crippen molar-refractivity contribution < 1.29 is 29.0 Å². The number of halogens is 1. The van der Waals surface area contributed by atoms with Gasteiger partial charge >= 0.3 is 5.97 Å². The van der Waals surface area contributed by atoms with E-state index >= 15 is 0 Å². The van der Waals surface area contributed by atoms with Crippen LogP contribution in [0.1, 0.15) is 19.3 Å². The Labute approximate surface area is 230 Å². The van der Waals surface area contributed by atoms with Crippen molar-refractivity contribution in [3.63, 3.8) is 0 Å². The lowest BCUT2D eigenvalue weighted by Gasteiger charge is -2.37. The molecule has 8 nitrogen and oxygen atoms in total. The van der Waals surface area contributed by atoms with Crippen LogP contribution in [0.4, 0.5) is 5.69 Å². The maximum Gasteiger partial charge on any atom is 0.310 e. The number of thioether (sulfide) groups is 1. The van der Waals surface area contributed by atoms with Gasteiger partial charge in [0.1, 0.15) is 11.8 Å². The summed E-state index contributed by atoms with van der Waals surface area (Å²) in [6.07, 6.45) is 4.77. The van der Waals surface area contributed by atoms with E-state index in [1.807, 2.05) is 0 Å². The lowest BCUT2D eigenvalue weighted by molar-refractivity contribution is -0.154. The van der Waals surface area contributed by atoms with Gasteiger partial charge in [0.2, 0.25) is 5.91 Å². The number of alkyl halides is 1. The number of anilines is 1. The molecule has 2 bridgehead atoms. The zero-order chi connectivity index (χ0) is 26.7. The maximum atomic E-state index is 14.4. The Morgan fingerprint density at radius 1 is 1.30 bits per heavy atom. The number of aliphatic hydroxyl groups is 1. The number of fused-ring (bicyclic) bond motifs is 1. The monoisotopic (exact) mass is 592 g/mol. The highest BCUT2D eigenvalue weighted by molar-refractivity contribution is 9.09. The summed E-state index contributed by atoms with van der Waals surface area (Å²) in [5, 5.41) is 9.37. The van der Waals surface area contributed by atoms with Crippen LogP contribution < -0.4 is 9.64 Å². The van der Waals surface area contributed by atoms with E-state index in [1.54, 1.807) is 65.1 Å². The summed E-state index contributed by atoms with van der Waals surface area (Å²) in [6, 6.07) is 6.37. The number of methoxy groups -OCH3 is 1. The van der Waals surface area contributed by atoms with Crippen LogP contribution >= 0.6 is 27.7 Å². The van der Waals surface area contributed by atoms with Gasteiger partial charge in [0.15, 0.2) is 0 Å². The van der Waals surface area contributed by atoms with Crippen molar-refractivity contribution in [1.82, 2.24) is 4.90 Å². The molecule has 0 radical (unpaired) electrons. The van der Waals surface area contributed by atoms with Crippen molar-refractivity contribution in [1.29, 1.82) is 0 Å². The molecule has 10 heteroatoms. The van der Waals surface area contributed by atoms with Crippen molar-refractivity contribution in [3.8, 4) is 5.75 Å². The first-order valence-corrected chi connectivity index (χ1v) is 14.2. The number of rotatable bonds is 12. The van der Waals surface area contributed by atoms with Crippen LogP contribution in [0.3, 0.4) is 0 Å². The fourth-order valence-corrected chi connectivity index (χ4v) is 9.46. The van der Waals surface area contributed by atoms with Gasteiger partial charge in [0, 0.05) is 35.5 Å². The van der Waals surface area contributed by atoms with Gasteiger partial charge in [0.05, 0.1) is 30.3 Å². The first-order chi connectivity index (χ1) is 17.8. The number of benzene rings is 1. The van der Waals surface area contributed by atoms with Crippen LogP contribution in [0, 0.1) is 11.8 Å². The highest BCUT2D eigenvalue weighted by Crippen LogP contribution is 2.68. The zero-order valence-corrected chi connectivity index (χ0v) is 23.3. The lowest BCUT2D eigenvalue weighted by atomic mass is 9.71. The number of likely N-dealkylation sites (tertiary alicyclic amines) is 1. The summed E-state index contributed by atoms with van der Waals surface area (Å²) in [7, 11) is 1.58. The molecule has 1 N–H and O–H groups in total. The third-order valence-electron chi connectivity index (χ3n) is 7.38. The van der Waals surface area contributed by atoms with Crippen molar-refractivity contribution in [2.75, 3.05) is 38.3 Å². The molecule has 3 heterocycles. The van der Waals surface area contributed by atoms with Gasteiger partial charge < -0.3 is 24.4 Å². The largest absolute Gasteiger partial charge is 0.497 e. The van der Waals surface area contributed by atoms with Crippen molar-refractivity contribution in [2.45, 2.75) is 40.1 Å². The number of amides is 2. The fraction of sp³-hybridized carbons (Fsp3) is 0.519. The lowest BCUT2D eigenvalue weighted by Crippen LogP contribution is -2.55. The molecule has 3 saturated heterocycles. The molecule has 0 aliphatic carbocycles. The number of ether oxygens (including phenoxy) is 2. The van der Waals surface area contributed by atoms with E-state index < -0.39 is 28.6 Å². The molecule has 200 valence electrons. The van der Waals surface area contributed by atoms with Crippen LogP contribution in [0.15, 0.2) is 49.6 Å². The minimum Gasteiger partial charge on any atom is -0.497 e. The zero-order valence-electron chi connectivity index (χ0n) is 20.9. The number of carbonyl (C=O) groups excluding carboxylic acids is 3. The Hall–Kier alpha value is -2.30. The third-order valence-corrected chi connectivity index (χ3v) is 10.6. The minimum absolute atomic E-state index is 0.0413. The molecule has 3 unspecified atom stereocenters. The number of hydrogen-bond donors (Lipinski definition) is 1. The summed E-state index contributed by atoms with van der Waals surface area (Å²) < 4.78 is 10.0. The molecule has 1 aromatic rings. The summed E-state index contributed by atoms with van der Waals surface area (Å²) >= 11 is 5.31. The molecule has 37 heavy (non-hydrogen) atoms. The summed E-state index contributed by atoms with van der Waals surface area (Å²) in [5.41, 5.74) is 0.661. The number of nitrogens with zero attached hydrogens (tertiary/aromatic N) is 2. The van der Waals surface area contributed by atoms with E-state index in [4.69, 9.17) is 9.47 Å². The minimum atomic E-state index is -0.792. The SMILES string of the molecule is C=CCCOC(=O)[C@H]1[C@H]2C(=O)N(CCCO)C(C(=O)N(CC=C)c3ccc(OC)cc3)C23CC(Br)[C@@H]1S3. The highest BCUT2D eigenvalue weighted by Gasteiger charge is 2.76. The topological polar surface area (TPSA) is 96.4 Å². The smallest absolute Gasteiger partial charge is 0.310 e. The molecule has 0 saturated carbocycles. The first kappa shape index (κ1) is 27.7. The molecule has 3 fully saturated rings. The van der Waals surface area contributed by atoms with E-state index in [0.29, 0.717) is 30.7 Å². The Kier molecular flexibility index (Phi) is 8.70. The van der Waals surface area contributed by atoms with Gasteiger partial charge in [-0.05, 0) is 43.5 Å². The molecule has 0 aromatic heterocycles. The van der Waals surface area contributed by atoms with E-state index in [2.05, 4.69) is 29.1 Å². The number of aliphatic hydroxyl groups excluding tert-OH is 1. The van der Waals surface area contributed by atoms with Crippen LogP contribution in [0.5, 0.6) is 5.75 Å². The van der Waals surface area contributed by atoms with Crippen LogP contribution in [-0.2, 0) is 19.1 Å². The first-order valence-electron chi connectivity index (χ1n) is 12.4. The normalized spacial score (nSPS) is 29.6. The van der Waals surface area contributed by atoms with E-state index in [-0.39, 0.29) is 48.2 Å². The molecule has 2 amide bonds. The van der Waals surface area contributed by atoms with Gasteiger partial charge in [0.25, 0.3) is 5.91 Å². The van der Waals surface area contributed by atoms with Gasteiger partial charge in [-0.3, -0.25) is 14.4 Å². The molecule has 1 aromatic carbocycles. The van der Waals surface area contributed by atoms with Gasteiger partial charge in [-0.2, -0.15) is 0 Å². The quantitative estimate of drug-likeness (QED) is 0.172. The van der Waals surface area contributed by atoms with Crippen LogP contribution in [-0.4, -0.2) is 82.1 Å². The number of carbonyl (C=O) groups is 3. The van der Waals surface area contributed by atoms with Crippen molar-refractivity contribution >= 4 is 51.2 Å². The van der Waals surface area contributed by atoms with Gasteiger partial charge in [-0.15, -0.1) is 24.9 Å². The number of hydrogen-bond acceptors (Lipinski definition) is 7. The molecule has 3 aliphatic heterocycles. The van der Waals surface area contributed by atoms with Crippen LogP contribution in [0.25, 0.3) is 0 Å². The molecular weight excluding hydrogens is 560 g/mol. The predicted octanol–water partition coefficient (Wildman–Crippen LogP) is 3.18. The van der Waals surface area contributed by atoms with Crippen molar-refractivity contribution in [2.24, 2.45) is 11.8 Å². The molecule has 1 spiro atoms. The second-order valence-electron chi connectivity index (χ2n) is 9.45. The summed E-state index contributed by atoms with van der Waals surface area (Å²) in [5.74, 6) is -1.51. The van der Waals surface area contributed by atoms with Crippen LogP contribution in [0.2, 0.25) is 0 Å². The van der Waals surface area contributed by atoms with Gasteiger partial charge in [-0.1, -0.05) is 28.1 Å². The average molecular weight is 594 g/mol. The maximum absolute atomic E-state index is 14.4. The fourth-order valence-electron chi connectivity index (χ4n) is 5.86. The molecule has 4 rings (SSSR count). The van der Waals surface area contributed by atoms with E-state index in [1.165, 1.54) is 0 Å². The summed E-state index contributed by atoms with van der Waals surface area (Å²) in [6.45, 7) is 8.07. The average Bonchev–Trinajstić information content (AvgIpc) is 3.49. The van der Waals surface area contributed by atoms with Crippen molar-refractivity contribution in [3.05, 3.63) is 49.6 Å². The Morgan fingerprint density at radius 3 is 2.65 bits per heavy atom.